The SMILES string of the molecule is CC(C)(C)c1ccc(N(c2ccc(C(C)(C)C)cc2)c2ccc3c(c2)B2c4c(cc5oc6ccccc6c5c4N3c3cccc4c3oc3ccccc34)-c3cc(C(C)(C)C)cc4c5c6ccccc6ccc5n2c34)cc1. The Morgan fingerprint density at radius 2 is 1.03 bits per heavy atom. The van der Waals surface area contributed by atoms with Crippen LogP contribution in [-0.4, -0.2) is 11.3 Å². The predicted octanol–water partition coefficient (Wildman–Crippen LogP) is 18.5. The third kappa shape index (κ3) is 6.40. The number of aromatic nitrogens is 1. The highest BCUT2D eigenvalue weighted by Gasteiger charge is 2.46. The van der Waals surface area contributed by atoms with Crippen molar-refractivity contribution in [2.45, 2.75) is 78.6 Å². The van der Waals surface area contributed by atoms with Crippen LogP contribution in [0, 0.1) is 0 Å². The minimum Gasteiger partial charge on any atom is -0.456 e. The van der Waals surface area contributed by atoms with Gasteiger partial charge in [-0.15, -0.1) is 0 Å². The first-order valence-electron chi connectivity index (χ1n) is 26.9. The number of hydrogen-bond donors (Lipinski definition) is 0. The Bertz CT molecular complexity index is 4530. The third-order valence-electron chi connectivity index (χ3n) is 16.8. The number of nitrogens with zero attached hydrogens (tertiary/aromatic N) is 3. The van der Waals surface area contributed by atoms with E-state index in [-0.39, 0.29) is 23.1 Å². The zero-order valence-electron chi connectivity index (χ0n) is 44.6. The van der Waals surface area contributed by atoms with Crippen LogP contribution in [0.5, 0.6) is 0 Å². The van der Waals surface area contributed by atoms with Crippen molar-refractivity contribution in [3.8, 4) is 11.1 Å². The minimum atomic E-state index is -0.244. The number of rotatable bonds is 4. The van der Waals surface area contributed by atoms with Crippen LogP contribution in [0.1, 0.15) is 79.0 Å². The molecule has 0 bridgehead atoms. The van der Waals surface area contributed by atoms with Gasteiger partial charge >= 0.3 is 6.85 Å². The number of furan rings is 2. The largest absolute Gasteiger partial charge is 0.456 e. The van der Waals surface area contributed by atoms with E-state index in [1.165, 1.54) is 71.3 Å². The second kappa shape index (κ2) is 15.6. The Morgan fingerprint density at radius 3 is 1.71 bits per heavy atom. The van der Waals surface area contributed by atoms with E-state index in [1.807, 2.05) is 0 Å². The summed E-state index contributed by atoms with van der Waals surface area (Å²) in [6.45, 7) is 20.5. The maximum Gasteiger partial charge on any atom is 0.333 e. The Labute approximate surface area is 443 Å². The molecule has 0 saturated carbocycles. The van der Waals surface area contributed by atoms with Crippen LogP contribution in [0.4, 0.5) is 34.1 Å². The average Bonchev–Trinajstić information content (AvgIpc) is 4.15. The molecule has 13 aromatic rings. The molecule has 5 heterocycles. The van der Waals surface area contributed by atoms with Crippen molar-refractivity contribution in [3.05, 3.63) is 205 Å². The molecule has 0 amide bonds. The summed E-state index contributed by atoms with van der Waals surface area (Å²) in [7, 11) is 0. The molecule has 0 unspecified atom stereocenters. The molecule has 0 fully saturated rings. The van der Waals surface area contributed by atoms with Gasteiger partial charge in [0, 0.05) is 66.3 Å². The normalized spacial score (nSPS) is 13.5. The zero-order valence-corrected chi connectivity index (χ0v) is 44.6. The Kier molecular flexibility index (Phi) is 9.20. The summed E-state index contributed by atoms with van der Waals surface area (Å²) in [4.78, 5) is 4.98. The minimum absolute atomic E-state index is 0.00758. The number of benzene rings is 10. The van der Waals surface area contributed by atoms with Crippen LogP contribution in [-0.2, 0) is 16.2 Å². The molecule has 10 aromatic carbocycles. The molecule has 0 saturated heterocycles. The highest BCUT2D eigenvalue weighted by atomic mass is 16.3. The monoisotopic (exact) mass is 983 g/mol. The number of para-hydroxylation sites is 3. The first kappa shape index (κ1) is 45.0. The fourth-order valence-electron chi connectivity index (χ4n) is 12.9. The van der Waals surface area contributed by atoms with Gasteiger partial charge in [0.05, 0.1) is 16.8 Å². The Hall–Kier alpha value is -8.48. The smallest absolute Gasteiger partial charge is 0.333 e. The number of hydrogen-bond acceptors (Lipinski definition) is 4. The van der Waals surface area contributed by atoms with Crippen LogP contribution in [0.25, 0.3) is 87.6 Å². The second-order valence-electron chi connectivity index (χ2n) is 24.5. The Balaban J connectivity index is 1.11. The molecule has 2 aliphatic rings. The summed E-state index contributed by atoms with van der Waals surface area (Å²) in [5.41, 5.74) is 21.0. The summed E-state index contributed by atoms with van der Waals surface area (Å²) in [6, 6.07) is 70.3. The maximum atomic E-state index is 7.07. The summed E-state index contributed by atoms with van der Waals surface area (Å²) in [5.74, 6) is 0. The van der Waals surface area contributed by atoms with Gasteiger partial charge in [0.2, 0.25) is 0 Å². The van der Waals surface area contributed by atoms with Gasteiger partial charge in [0.25, 0.3) is 0 Å². The first-order chi connectivity index (χ1) is 36.6. The number of anilines is 6. The van der Waals surface area contributed by atoms with Gasteiger partial charge in [0.1, 0.15) is 16.7 Å². The van der Waals surface area contributed by atoms with Crippen LogP contribution >= 0.6 is 0 Å². The van der Waals surface area contributed by atoms with E-state index in [9.17, 15) is 0 Å². The summed E-state index contributed by atoms with van der Waals surface area (Å²) >= 11 is 0. The van der Waals surface area contributed by atoms with Gasteiger partial charge in [0.15, 0.2) is 5.58 Å². The van der Waals surface area contributed by atoms with E-state index in [4.69, 9.17) is 8.83 Å². The molecule has 368 valence electrons. The summed E-state index contributed by atoms with van der Waals surface area (Å²) < 4.78 is 16.8. The molecule has 76 heavy (non-hydrogen) atoms. The van der Waals surface area contributed by atoms with E-state index in [0.29, 0.717) is 0 Å². The van der Waals surface area contributed by atoms with Gasteiger partial charge in [-0.1, -0.05) is 165 Å². The van der Waals surface area contributed by atoms with Crippen molar-refractivity contribution in [3.63, 3.8) is 0 Å². The van der Waals surface area contributed by atoms with E-state index in [1.54, 1.807) is 0 Å². The predicted molar refractivity (Wildman–Crippen MR) is 323 cm³/mol. The summed E-state index contributed by atoms with van der Waals surface area (Å²) in [5, 5.41) is 9.42. The lowest BCUT2D eigenvalue weighted by Gasteiger charge is -2.41. The maximum absolute atomic E-state index is 7.07. The topological polar surface area (TPSA) is 37.7 Å². The fraction of sp³-hybridized carbons (Fsp3) is 0.171. The average molecular weight is 984 g/mol. The lowest BCUT2D eigenvalue weighted by Crippen LogP contribution is -2.56. The molecule has 15 rings (SSSR count). The first-order valence-corrected chi connectivity index (χ1v) is 26.9. The zero-order chi connectivity index (χ0) is 51.7. The van der Waals surface area contributed by atoms with Crippen molar-refractivity contribution >= 4 is 128 Å². The van der Waals surface area contributed by atoms with Gasteiger partial charge in [-0.3, -0.25) is 0 Å². The van der Waals surface area contributed by atoms with Crippen molar-refractivity contribution in [1.29, 1.82) is 0 Å². The molecular weight excluding hydrogens is 926 g/mol. The molecule has 0 atom stereocenters. The van der Waals surface area contributed by atoms with Gasteiger partial charge in [-0.05, 0) is 145 Å². The highest BCUT2D eigenvalue weighted by molar-refractivity contribution is 6.90. The lowest BCUT2D eigenvalue weighted by molar-refractivity contribution is 0.590. The van der Waals surface area contributed by atoms with Crippen LogP contribution < -0.4 is 20.7 Å². The molecule has 6 heteroatoms. The van der Waals surface area contributed by atoms with E-state index in [0.717, 1.165) is 78.0 Å². The standard InChI is InChI=1S/C70H58BN3O2/c1-68(2,3)42-26-30-45(31-27-42)72(46-32-28-43(29-33-46)69(4,5)6)47-34-36-56-55(39-47)71-64-52(53-37-44(70(7,8)9)38-54-62-48-18-11-10-17-41(48)25-35-57(62)74(71)65(53)54)40-61-63(51-20-13-15-24-60(51)75-61)66(64)73(56)58-22-16-21-50-49-19-12-14-23-59(49)76-67(50)58/h10-40H,1-9H3. The quantitative estimate of drug-likeness (QED) is 0.165. The second-order valence-corrected chi connectivity index (χ2v) is 24.5. The van der Waals surface area contributed by atoms with Crippen LogP contribution in [0.15, 0.2) is 197 Å². The molecule has 0 aliphatic carbocycles. The highest BCUT2D eigenvalue weighted by Crippen LogP contribution is 2.53. The van der Waals surface area contributed by atoms with Crippen molar-refractivity contribution in [2.75, 3.05) is 9.80 Å². The van der Waals surface area contributed by atoms with Crippen molar-refractivity contribution in [1.82, 2.24) is 4.48 Å². The number of fused-ring (bicyclic) bond motifs is 16. The van der Waals surface area contributed by atoms with Crippen LogP contribution in [0.2, 0.25) is 0 Å². The lowest BCUT2D eigenvalue weighted by atomic mass is 9.44. The van der Waals surface area contributed by atoms with Crippen molar-refractivity contribution < 1.29 is 8.83 Å². The molecule has 2 aliphatic heterocycles. The van der Waals surface area contributed by atoms with E-state index >= 15 is 0 Å². The summed E-state index contributed by atoms with van der Waals surface area (Å²) in [6.07, 6.45) is 0. The van der Waals surface area contributed by atoms with E-state index < -0.39 is 0 Å². The molecule has 0 radical (unpaired) electrons. The molecular formula is C70H58BN3O2. The molecule has 0 N–H and O–H groups in total. The van der Waals surface area contributed by atoms with Crippen LogP contribution in [0.3, 0.4) is 0 Å². The molecule has 5 nitrogen and oxygen atoms in total. The van der Waals surface area contributed by atoms with E-state index in [2.05, 4.69) is 265 Å². The fourth-order valence-corrected chi connectivity index (χ4v) is 12.9. The van der Waals surface area contributed by atoms with Gasteiger partial charge in [-0.25, -0.2) is 0 Å². The van der Waals surface area contributed by atoms with Gasteiger partial charge < -0.3 is 23.1 Å². The third-order valence-corrected chi connectivity index (χ3v) is 16.8. The van der Waals surface area contributed by atoms with Crippen molar-refractivity contribution in [2.24, 2.45) is 0 Å². The Morgan fingerprint density at radius 1 is 0.421 bits per heavy atom. The van der Waals surface area contributed by atoms with Gasteiger partial charge in [-0.2, -0.15) is 0 Å². The molecule has 3 aromatic heterocycles. The molecule has 0 spiro atoms.